The first-order chi connectivity index (χ1) is 13.8. The fraction of sp³-hybridized carbons (Fsp3) is 0.348. The lowest BCUT2D eigenvalue weighted by atomic mass is 9.79. The molecule has 2 aromatic carbocycles. The first-order valence-electron chi connectivity index (χ1n) is 9.87. The second-order valence-corrected chi connectivity index (χ2v) is 8.55. The van der Waals surface area contributed by atoms with Crippen LogP contribution in [0.1, 0.15) is 56.9 Å². The van der Waals surface area contributed by atoms with Crippen LogP contribution in [0.2, 0.25) is 0 Å². The van der Waals surface area contributed by atoms with Crippen molar-refractivity contribution in [3.8, 4) is 0 Å². The number of carbonyl (C=O) groups excluding carboxylic acids is 3. The van der Waals surface area contributed by atoms with Crippen molar-refractivity contribution in [1.29, 1.82) is 0 Å². The van der Waals surface area contributed by atoms with Gasteiger partial charge in [0.1, 0.15) is 0 Å². The van der Waals surface area contributed by atoms with Gasteiger partial charge in [0.25, 0.3) is 17.7 Å². The predicted molar refractivity (Wildman–Crippen MR) is 117 cm³/mol. The van der Waals surface area contributed by atoms with E-state index in [1.807, 2.05) is 11.0 Å². The SMILES string of the molecule is CC1(C)CN(C(=O)c2cccc(CN3C(=O)c4ccccc4C3=O)c2)CCC1N.Cl. The third-order valence-corrected chi connectivity index (χ3v) is 5.99. The minimum atomic E-state index is -0.297. The minimum absolute atomic E-state index is 0. The number of nitrogens with two attached hydrogens (primary N) is 1. The van der Waals surface area contributed by atoms with Crippen molar-refractivity contribution in [2.75, 3.05) is 13.1 Å². The average Bonchev–Trinajstić information content (AvgIpc) is 2.95. The smallest absolute Gasteiger partial charge is 0.261 e. The zero-order chi connectivity index (χ0) is 20.8. The van der Waals surface area contributed by atoms with Crippen molar-refractivity contribution in [2.45, 2.75) is 32.9 Å². The summed E-state index contributed by atoms with van der Waals surface area (Å²) in [4.78, 5) is 41.3. The van der Waals surface area contributed by atoms with E-state index in [2.05, 4.69) is 13.8 Å². The lowest BCUT2D eigenvalue weighted by molar-refractivity contribution is 0.0533. The Labute approximate surface area is 182 Å². The van der Waals surface area contributed by atoms with E-state index in [9.17, 15) is 14.4 Å². The van der Waals surface area contributed by atoms with Crippen LogP contribution in [-0.4, -0.2) is 46.7 Å². The lowest BCUT2D eigenvalue weighted by Crippen LogP contribution is -2.54. The molecular formula is C23H26ClN3O3. The van der Waals surface area contributed by atoms with Crippen LogP contribution in [-0.2, 0) is 6.54 Å². The first-order valence-corrected chi connectivity index (χ1v) is 9.87. The zero-order valence-electron chi connectivity index (χ0n) is 17.1. The molecule has 0 spiro atoms. The van der Waals surface area contributed by atoms with Crippen molar-refractivity contribution in [1.82, 2.24) is 9.80 Å². The summed E-state index contributed by atoms with van der Waals surface area (Å²) in [5.74, 6) is -0.641. The maximum Gasteiger partial charge on any atom is 0.261 e. The second kappa shape index (κ2) is 8.20. The number of nitrogens with zero attached hydrogens (tertiary/aromatic N) is 2. The summed E-state index contributed by atoms with van der Waals surface area (Å²) in [7, 11) is 0. The van der Waals surface area contributed by atoms with Crippen LogP contribution in [0.4, 0.5) is 0 Å². The molecule has 1 unspecified atom stereocenters. The second-order valence-electron chi connectivity index (χ2n) is 8.55. The molecule has 2 aliphatic heterocycles. The van der Waals surface area contributed by atoms with Gasteiger partial charge < -0.3 is 10.6 Å². The van der Waals surface area contributed by atoms with Gasteiger partial charge >= 0.3 is 0 Å². The highest BCUT2D eigenvalue weighted by Crippen LogP contribution is 2.29. The maximum atomic E-state index is 13.0. The van der Waals surface area contributed by atoms with Gasteiger partial charge in [-0.15, -0.1) is 12.4 Å². The summed E-state index contributed by atoms with van der Waals surface area (Å²) in [6.45, 7) is 5.54. The van der Waals surface area contributed by atoms with Gasteiger partial charge in [-0.1, -0.05) is 38.1 Å². The Hall–Kier alpha value is -2.70. The number of piperidine rings is 1. The molecule has 2 aliphatic rings. The predicted octanol–water partition coefficient (Wildman–Crippen LogP) is 3.10. The Morgan fingerprint density at radius 1 is 1.07 bits per heavy atom. The standard InChI is InChI=1S/C23H25N3O3.ClH/c1-23(2)14-25(11-10-19(23)24)20(27)16-7-5-6-15(12-16)13-26-21(28)17-8-3-4-9-18(17)22(26)29;/h3-9,12,19H,10-11,13-14,24H2,1-2H3;1H. The van der Waals surface area contributed by atoms with E-state index in [4.69, 9.17) is 5.73 Å². The maximum absolute atomic E-state index is 13.0. The van der Waals surface area contributed by atoms with Crippen LogP contribution in [0.5, 0.6) is 0 Å². The fourth-order valence-electron chi connectivity index (χ4n) is 4.10. The van der Waals surface area contributed by atoms with Gasteiger partial charge in [-0.25, -0.2) is 0 Å². The van der Waals surface area contributed by atoms with Crippen molar-refractivity contribution in [3.05, 3.63) is 70.8 Å². The Morgan fingerprint density at radius 2 is 1.70 bits per heavy atom. The number of fused-ring (bicyclic) bond motifs is 1. The molecular weight excluding hydrogens is 402 g/mol. The molecule has 0 bridgehead atoms. The number of benzene rings is 2. The number of rotatable bonds is 3. The largest absolute Gasteiger partial charge is 0.338 e. The molecule has 1 atom stereocenters. The van der Waals surface area contributed by atoms with E-state index < -0.39 is 0 Å². The van der Waals surface area contributed by atoms with E-state index in [-0.39, 0.29) is 48.1 Å². The number of hydrogen-bond acceptors (Lipinski definition) is 4. The number of imide groups is 1. The molecule has 0 aromatic heterocycles. The molecule has 2 heterocycles. The number of likely N-dealkylation sites (tertiary alicyclic amines) is 1. The van der Waals surface area contributed by atoms with Gasteiger partial charge in [0.2, 0.25) is 0 Å². The quantitative estimate of drug-likeness (QED) is 0.763. The van der Waals surface area contributed by atoms with Gasteiger partial charge in [-0.05, 0) is 41.7 Å². The molecule has 0 aliphatic carbocycles. The fourth-order valence-corrected chi connectivity index (χ4v) is 4.10. The Balaban J connectivity index is 0.00000256. The summed E-state index contributed by atoms with van der Waals surface area (Å²) >= 11 is 0. The van der Waals surface area contributed by atoms with E-state index >= 15 is 0 Å². The number of carbonyl (C=O) groups is 3. The number of halogens is 1. The molecule has 4 rings (SSSR count). The van der Waals surface area contributed by atoms with Crippen LogP contribution >= 0.6 is 12.4 Å². The molecule has 6 nitrogen and oxygen atoms in total. The topological polar surface area (TPSA) is 83.7 Å². The average molecular weight is 428 g/mol. The molecule has 0 radical (unpaired) electrons. The molecule has 7 heteroatoms. The van der Waals surface area contributed by atoms with Gasteiger partial charge in [0, 0.05) is 24.7 Å². The zero-order valence-corrected chi connectivity index (χ0v) is 17.9. The Bertz CT molecular complexity index is 970. The number of hydrogen-bond donors (Lipinski definition) is 1. The molecule has 1 fully saturated rings. The summed E-state index contributed by atoms with van der Waals surface area (Å²) in [6.07, 6.45) is 0.771. The first kappa shape index (κ1) is 22.0. The van der Waals surface area contributed by atoms with E-state index in [1.165, 1.54) is 4.90 Å². The summed E-state index contributed by atoms with van der Waals surface area (Å²) in [5.41, 5.74) is 8.21. The minimum Gasteiger partial charge on any atom is -0.338 e. The third kappa shape index (κ3) is 3.85. The monoisotopic (exact) mass is 427 g/mol. The van der Waals surface area contributed by atoms with Crippen LogP contribution in [0, 0.1) is 5.41 Å². The van der Waals surface area contributed by atoms with Crippen LogP contribution in [0.3, 0.4) is 0 Å². The molecule has 158 valence electrons. The highest BCUT2D eigenvalue weighted by atomic mass is 35.5. The highest BCUT2D eigenvalue weighted by molar-refractivity contribution is 6.21. The number of amides is 3. The molecule has 1 saturated heterocycles. The van der Waals surface area contributed by atoms with E-state index in [0.717, 1.165) is 12.0 Å². The van der Waals surface area contributed by atoms with E-state index in [1.54, 1.807) is 42.5 Å². The van der Waals surface area contributed by atoms with E-state index in [0.29, 0.717) is 29.8 Å². The molecule has 30 heavy (non-hydrogen) atoms. The molecule has 2 aromatic rings. The van der Waals surface area contributed by atoms with Gasteiger partial charge in [-0.3, -0.25) is 19.3 Å². The highest BCUT2D eigenvalue weighted by Gasteiger charge is 2.36. The summed E-state index contributed by atoms with van der Waals surface area (Å²) in [6, 6.07) is 14.1. The van der Waals surface area contributed by atoms with Crippen molar-refractivity contribution in [2.24, 2.45) is 11.1 Å². The van der Waals surface area contributed by atoms with Crippen LogP contribution in [0.25, 0.3) is 0 Å². The normalized spacial score (nSPS) is 20.0. The van der Waals surface area contributed by atoms with Gasteiger partial charge in [-0.2, -0.15) is 0 Å². The Kier molecular flexibility index (Phi) is 6.01. The molecule has 2 N–H and O–H groups in total. The third-order valence-electron chi connectivity index (χ3n) is 5.99. The van der Waals surface area contributed by atoms with Crippen molar-refractivity contribution in [3.63, 3.8) is 0 Å². The molecule has 3 amide bonds. The van der Waals surface area contributed by atoms with Gasteiger partial charge in [0.05, 0.1) is 17.7 Å². The van der Waals surface area contributed by atoms with Crippen LogP contribution in [0.15, 0.2) is 48.5 Å². The lowest BCUT2D eigenvalue weighted by Gasteiger charge is -2.42. The van der Waals surface area contributed by atoms with Crippen LogP contribution < -0.4 is 5.73 Å². The molecule has 0 saturated carbocycles. The summed E-state index contributed by atoms with van der Waals surface area (Å²) < 4.78 is 0. The summed E-state index contributed by atoms with van der Waals surface area (Å²) in [5, 5.41) is 0. The van der Waals surface area contributed by atoms with Gasteiger partial charge in [0.15, 0.2) is 0 Å². The Morgan fingerprint density at radius 3 is 2.30 bits per heavy atom. The van der Waals surface area contributed by atoms with Crippen molar-refractivity contribution < 1.29 is 14.4 Å². The van der Waals surface area contributed by atoms with Crippen molar-refractivity contribution >= 4 is 30.1 Å².